The van der Waals surface area contributed by atoms with Crippen molar-refractivity contribution in [3.8, 4) is 17.2 Å². The first-order valence-electron chi connectivity index (χ1n) is 5.02. The molecule has 1 N–H and O–H groups in total. The molecule has 0 saturated carbocycles. The number of hydrogen-bond donors (Lipinski definition) is 1. The average molecular weight is 289 g/mol. The van der Waals surface area contributed by atoms with E-state index in [9.17, 15) is 4.79 Å². The van der Waals surface area contributed by atoms with Gasteiger partial charge in [-0.2, -0.15) is 5.26 Å². The van der Waals surface area contributed by atoms with Gasteiger partial charge in [-0.3, -0.25) is 4.79 Å². The summed E-state index contributed by atoms with van der Waals surface area (Å²) in [6, 6.07) is 9.50. The number of aromatic nitrogens is 1. The predicted octanol–water partition coefficient (Wildman–Crippen LogP) is 2.98. The van der Waals surface area contributed by atoms with Gasteiger partial charge >= 0.3 is 0 Å². The lowest BCUT2D eigenvalue weighted by Crippen LogP contribution is -2.12. The van der Waals surface area contributed by atoms with Gasteiger partial charge in [0.05, 0.1) is 0 Å². The second kappa shape index (κ2) is 4.56. The Morgan fingerprint density at radius 1 is 1.29 bits per heavy atom. The predicted molar refractivity (Wildman–Crippen MR) is 69.7 cm³/mol. The third-order valence-corrected chi connectivity index (χ3v) is 3.06. The molecular formula is C13H9BrN2O. The van der Waals surface area contributed by atoms with E-state index < -0.39 is 0 Å². The first kappa shape index (κ1) is 11.6. The number of aryl methyl sites for hydroxylation is 1. The Hall–Kier alpha value is -1.86. The Kier molecular flexibility index (Phi) is 3.12. The van der Waals surface area contributed by atoms with E-state index in [1.807, 2.05) is 37.3 Å². The van der Waals surface area contributed by atoms with Gasteiger partial charge in [-0.05, 0) is 30.2 Å². The lowest BCUT2D eigenvalue weighted by atomic mass is 9.98. The Bertz CT molecular complexity index is 651. The molecule has 0 bridgehead atoms. The molecule has 84 valence electrons. The van der Waals surface area contributed by atoms with Crippen molar-refractivity contribution in [1.82, 2.24) is 4.98 Å². The summed E-state index contributed by atoms with van der Waals surface area (Å²) in [4.78, 5) is 14.1. The monoisotopic (exact) mass is 288 g/mol. The van der Waals surface area contributed by atoms with Gasteiger partial charge in [0.25, 0.3) is 5.56 Å². The third kappa shape index (κ3) is 2.15. The van der Waals surface area contributed by atoms with Crippen LogP contribution in [0.15, 0.2) is 39.7 Å². The molecule has 0 atom stereocenters. The molecule has 17 heavy (non-hydrogen) atoms. The molecule has 0 aliphatic rings. The molecule has 0 unspecified atom stereocenters. The van der Waals surface area contributed by atoms with Gasteiger partial charge in [0.2, 0.25) is 0 Å². The highest BCUT2D eigenvalue weighted by atomic mass is 79.9. The second-order valence-electron chi connectivity index (χ2n) is 3.67. The highest BCUT2D eigenvalue weighted by Crippen LogP contribution is 2.25. The van der Waals surface area contributed by atoms with Crippen LogP contribution in [0, 0.1) is 18.3 Å². The number of H-pyrrole nitrogens is 1. The summed E-state index contributed by atoms with van der Waals surface area (Å²) in [5.74, 6) is 0. The maximum absolute atomic E-state index is 11.6. The lowest BCUT2D eigenvalue weighted by Gasteiger charge is -2.07. The number of hydrogen-bond acceptors (Lipinski definition) is 2. The summed E-state index contributed by atoms with van der Waals surface area (Å²) >= 11 is 3.35. The molecule has 0 aliphatic carbocycles. The van der Waals surface area contributed by atoms with Gasteiger partial charge in [0.15, 0.2) is 0 Å². The summed E-state index contributed by atoms with van der Waals surface area (Å²) in [6.07, 6.45) is 1.63. The molecule has 1 aromatic carbocycles. The van der Waals surface area contributed by atoms with Crippen LogP contribution in [0.25, 0.3) is 11.1 Å². The van der Waals surface area contributed by atoms with Crippen molar-refractivity contribution in [2.75, 3.05) is 0 Å². The highest BCUT2D eigenvalue weighted by Gasteiger charge is 2.11. The van der Waals surface area contributed by atoms with Gasteiger partial charge in [0, 0.05) is 16.2 Å². The number of benzene rings is 1. The van der Waals surface area contributed by atoms with E-state index >= 15 is 0 Å². The van der Waals surface area contributed by atoms with E-state index in [-0.39, 0.29) is 11.1 Å². The first-order chi connectivity index (χ1) is 8.13. The topological polar surface area (TPSA) is 56.6 Å². The van der Waals surface area contributed by atoms with Crippen LogP contribution in [0.5, 0.6) is 0 Å². The van der Waals surface area contributed by atoms with Crippen LogP contribution >= 0.6 is 15.9 Å². The van der Waals surface area contributed by atoms with E-state index in [1.165, 1.54) is 0 Å². The Balaban J connectivity index is 2.75. The smallest absolute Gasteiger partial charge is 0.266 e. The molecule has 3 nitrogen and oxygen atoms in total. The summed E-state index contributed by atoms with van der Waals surface area (Å²) in [7, 11) is 0. The first-order valence-corrected chi connectivity index (χ1v) is 5.81. The van der Waals surface area contributed by atoms with E-state index in [0.29, 0.717) is 5.56 Å². The van der Waals surface area contributed by atoms with E-state index in [4.69, 9.17) is 5.26 Å². The maximum Gasteiger partial charge on any atom is 0.266 e. The van der Waals surface area contributed by atoms with Gasteiger partial charge < -0.3 is 4.98 Å². The van der Waals surface area contributed by atoms with Gasteiger partial charge in [-0.25, -0.2) is 0 Å². The third-order valence-electron chi connectivity index (χ3n) is 2.54. The fourth-order valence-electron chi connectivity index (χ4n) is 1.72. The number of rotatable bonds is 1. The summed E-state index contributed by atoms with van der Waals surface area (Å²) in [5, 5.41) is 9.06. The van der Waals surface area contributed by atoms with Crippen LogP contribution in [0.4, 0.5) is 0 Å². The molecule has 4 heteroatoms. The van der Waals surface area contributed by atoms with Crippen molar-refractivity contribution in [3.63, 3.8) is 0 Å². The molecule has 1 heterocycles. The minimum Gasteiger partial charge on any atom is -0.328 e. The zero-order chi connectivity index (χ0) is 12.4. The van der Waals surface area contributed by atoms with Crippen LogP contribution in [-0.4, -0.2) is 4.98 Å². The van der Waals surface area contributed by atoms with Gasteiger partial charge in [-0.15, -0.1) is 0 Å². The van der Waals surface area contributed by atoms with Crippen LogP contribution in [0.3, 0.4) is 0 Å². The minimum atomic E-state index is -0.351. The molecule has 0 spiro atoms. The van der Waals surface area contributed by atoms with Gasteiger partial charge in [0.1, 0.15) is 11.6 Å². The van der Waals surface area contributed by atoms with Crippen LogP contribution in [0.2, 0.25) is 0 Å². The zero-order valence-electron chi connectivity index (χ0n) is 9.12. The molecule has 2 aromatic rings. The molecule has 0 saturated heterocycles. The second-order valence-corrected chi connectivity index (χ2v) is 4.59. The van der Waals surface area contributed by atoms with Crippen LogP contribution < -0.4 is 5.56 Å². The SMILES string of the molecule is Cc1c[nH]c(=O)c(C#N)c1-c1ccc(Br)cc1. The summed E-state index contributed by atoms with van der Waals surface area (Å²) < 4.78 is 0.960. The molecule has 0 aliphatic heterocycles. The fourth-order valence-corrected chi connectivity index (χ4v) is 1.99. The molecule has 0 amide bonds. The van der Waals surface area contributed by atoms with Crippen molar-refractivity contribution < 1.29 is 0 Å². The number of pyridine rings is 1. The maximum atomic E-state index is 11.6. The number of aromatic amines is 1. The van der Waals surface area contributed by atoms with E-state index in [0.717, 1.165) is 15.6 Å². The Morgan fingerprint density at radius 3 is 2.53 bits per heavy atom. The number of nitrogens with one attached hydrogen (secondary N) is 1. The molecule has 0 radical (unpaired) electrons. The number of halogens is 1. The molecule has 2 rings (SSSR count). The van der Waals surface area contributed by atoms with Crippen LogP contribution in [0.1, 0.15) is 11.1 Å². The van der Waals surface area contributed by atoms with Crippen molar-refractivity contribution in [2.45, 2.75) is 6.92 Å². The fraction of sp³-hybridized carbons (Fsp3) is 0.0769. The molecular weight excluding hydrogens is 280 g/mol. The largest absolute Gasteiger partial charge is 0.328 e. The van der Waals surface area contributed by atoms with Crippen LogP contribution in [-0.2, 0) is 0 Å². The van der Waals surface area contributed by atoms with Crippen molar-refractivity contribution in [1.29, 1.82) is 5.26 Å². The van der Waals surface area contributed by atoms with Crippen molar-refractivity contribution in [2.24, 2.45) is 0 Å². The molecule has 1 aromatic heterocycles. The number of nitriles is 1. The van der Waals surface area contributed by atoms with E-state index in [2.05, 4.69) is 20.9 Å². The Labute approximate surface area is 107 Å². The van der Waals surface area contributed by atoms with E-state index in [1.54, 1.807) is 6.20 Å². The highest BCUT2D eigenvalue weighted by molar-refractivity contribution is 9.10. The standard InChI is InChI=1S/C13H9BrN2O/c1-8-7-16-13(17)11(6-15)12(8)9-2-4-10(14)5-3-9/h2-5,7H,1H3,(H,16,17). The molecule has 0 fully saturated rings. The minimum absolute atomic E-state index is 0.160. The zero-order valence-corrected chi connectivity index (χ0v) is 10.7. The summed E-state index contributed by atoms with van der Waals surface area (Å²) in [6.45, 7) is 1.87. The number of nitrogens with zero attached hydrogens (tertiary/aromatic N) is 1. The lowest BCUT2D eigenvalue weighted by molar-refractivity contribution is 1.18. The van der Waals surface area contributed by atoms with Crippen molar-refractivity contribution >= 4 is 15.9 Å². The Morgan fingerprint density at radius 2 is 1.94 bits per heavy atom. The quantitative estimate of drug-likeness (QED) is 0.877. The van der Waals surface area contributed by atoms with Crippen molar-refractivity contribution in [3.05, 3.63) is 56.4 Å². The van der Waals surface area contributed by atoms with Gasteiger partial charge in [-0.1, -0.05) is 28.1 Å². The normalized spacial score (nSPS) is 9.94. The summed E-state index contributed by atoms with van der Waals surface area (Å²) in [5.41, 5.74) is 2.25. The average Bonchev–Trinajstić information content (AvgIpc) is 2.33.